The molecule has 0 heterocycles. The Morgan fingerprint density at radius 3 is 2.69 bits per heavy atom. The minimum absolute atomic E-state index is 0.0478. The van der Waals surface area contributed by atoms with Gasteiger partial charge in [-0.1, -0.05) is 17.7 Å². The number of hydrogen-bond acceptors (Lipinski definition) is 4. The van der Waals surface area contributed by atoms with Gasteiger partial charge in [-0.25, -0.2) is 8.42 Å². The van der Waals surface area contributed by atoms with E-state index in [-0.39, 0.29) is 19.0 Å². The van der Waals surface area contributed by atoms with E-state index < -0.39 is 9.84 Å². The number of sulfone groups is 1. The summed E-state index contributed by atoms with van der Waals surface area (Å²) in [4.78, 5) is 0. The second-order valence-corrected chi connectivity index (χ2v) is 6.02. The minimum Gasteiger partial charge on any atom is -0.492 e. The normalized spacial score (nSPS) is 11.4. The summed E-state index contributed by atoms with van der Waals surface area (Å²) in [7, 11) is -3.04. The zero-order valence-corrected chi connectivity index (χ0v) is 10.4. The van der Waals surface area contributed by atoms with Crippen LogP contribution in [-0.2, 0) is 16.4 Å². The molecule has 0 saturated carbocycles. The first-order valence-electron chi connectivity index (χ1n) is 4.63. The quantitative estimate of drug-likeness (QED) is 0.870. The van der Waals surface area contributed by atoms with Gasteiger partial charge in [-0.05, 0) is 12.1 Å². The topological polar surface area (TPSA) is 63.6 Å². The summed E-state index contributed by atoms with van der Waals surface area (Å²) >= 11 is 5.84. The van der Waals surface area contributed by atoms with Gasteiger partial charge in [0.05, 0.1) is 12.4 Å². The predicted octanol–water partition coefficient (Wildman–Crippen LogP) is 1.26. The number of halogens is 1. The maximum Gasteiger partial charge on any atom is 0.150 e. The average molecular weight is 265 g/mol. The first kappa shape index (κ1) is 13.3. The molecule has 6 heteroatoms. The Balaban J connectivity index is 2.71. The summed E-state index contributed by atoms with van der Waals surface area (Å²) in [6.45, 7) is -0.194. The van der Waals surface area contributed by atoms with Crippen molar-refractivity contribution in [3.8, 4) is 5.75 Å². The Kier molecular flexibility index (Phi) is 4.58. The maximum absolute atomic E-state index is 10.9. The third kappa shape index (κ3) is 4.00. The summed E-state index contributed by atoms with van der Waals surface area (Å²) in [5.74, 6) is 0.350. The average Bonchev–Trinajstić information content (AvgIpc) is 2.16. The van der Waals surface area contributed by atoms with Crippen molar-refractivity contribution in [1.82, 2.24) is 0 Å². The SMILES string of the molecule is CS(=O)(=O)CCOc1cccc(Cl)c1CO. The van der Waals surface area contributed by atoms with Gasteiger partial charge in [0.1, 0.15) is 12.4 Å². The van der Waals surface area contributed by atoms with Crippen LogP contribution in [0, 0.1) is 0 Å². The highest BCUT2D eigenvalue weighted by atomic mass is 35.5. The zero-order valence-electron chi connectivity index (χ0n) is 8.81. The molecule has 0 amide bonds. The van der Waals surface area contributed by atoms with E-state index in [1.807, 2.05) is 0 Å². The molecule has 0 saturated heterocycles. The van der Waals surface area contributed by atoms with E-state index in [4.69, 9.17) is 21.4 Å². The Hall–Kier alpha value is -0.780. The van der Waals surface area contributed by atoms with Gasteiger partial charge < -0.3 is 9.84 Å². The summed E-state index contributed by atoms with van der Waals surface area (Å²) < 4.78 is 27.0. The molecule has 0 radical (unpaired) electrons. The number of aliphatic hydroxyl groups excluding tert-OH is 1. The van der Waals surface area contributed by atoms with Gasteiger partial charge in [-0.3, -0.25) is 0 Å². The molecule has 1 rings (SSSR count). The van der Waals surface area contributed by atoms with Gasteiger partial charge in [0.25, 0.3) is 0 Å². The number of aliphatic hydroxyl groups is 1. The highest BCUT2D eigenvalue weighted by Crippen LogP contribution is 2.26. The molecule has 4 nitrogen and oxygen atoms in total. The number of rotatable bonds is 5. The lowest BCUT2D eigenvalue weighted by atomic mass is 10.2. The number of benzene rings is 1. The predicted molar refractivity (Wildman–Crippen MR) is 62.6 cm³/mol. The number of ether oxygens (including phenoxy) is 1. The Bertz CT molecular complexity index is 456. The standard InChI is InChI=1S/C10H13ClO4S/c1-16(13,14)6-5-15-10-4-2-3-9(11)8(10)7-12/h2-4,12H,5-7H2,1H3. The van der Waals surface area contributed by atoms with E-state index in [9.17, 15) is 8.42 Å². The molecule has 0 aliphatic carbocycles. The van der Waals surface area contributed by atoms with Crippen LogP contribution in [0.3, 0.4) is 0 Å². The first-order chi connectivity index (χ1) is 7.44. The Morgan fingerprint density at radius 2 is 2.12 bits per heavy atom. The molecular weight excluding hydrogens is 252 g/mol. The molecule has 0 spiro atoms. The van der Waals surface area contributed by atoms with Crippen molar-refractivity contribution in [2.45, 2.75) is 6.61 Å². The lowest BCUT2D eigenvalue weighted by Crippen LogP contribution is -2.12. The molecule has 1 N–H and O–H groups in total. The van der Waals surface area contributed by atoms with Crippen molar-refractivity contribution >= 4 is 21.4 Å². The third-order valence-electron chi connectivity index (χ3n) is 1.95. The third-order valence-corrected chi connectivity index (χ3v) is 3.21. The fourth-order valence-corrected chi connectivity index (χ4v) is 1.74. The summed E-state index contributed by atoms with van der Waals surface area (Å²) in [6.07, 6.45) is 1.14. The van der Waals surface area contributed by atoms with Crippen molar-refractivity contribution in [3.05, 3.63) is 28.8 Å². The first-order valence-corrected chi connectivity index (χ1v) is 7.06. The van der Waals surface area contributed by atoms with Gasteiger partial charge >= 0.3 is 0 Å². The van der Waals surface area contributed by atoms with Crippen LogP contribution in [0.4, 0.5) is 0 Å². The van der Waals surface area contributed by atoms with Crippen LogP contribution in [0.1, 0.15) is 5.56 Å². The van der Waals surface area contributed by atoms with Gasteiger partial charge in [-0.2, -0.15) is 0 Å². The molecule has 0 aromatic heterocycles. The fourth-order valence-electron chi connectivity index (χ4n) is 1.13. The lowest BCUT2D eigenvalue weighted by Gasteiger charge is -2.10. The summed E-state index contributed by atoms with van der Waals surface area (Å²) in [5, 5.41) is 9.48. The van der Waals surface area contributed by atoms with E-state index >= 15 is 0 Å². The second kappa shape index (κ2) is 5.52. The van der Waals surface area contributed by atoms with E-state index in [2.05, 4.69) is 0 Å². The van der Waals surface area contributed by atoms with Crippen molar-refractivity contribution < 1.29 is 18.3 Å². The molecule has 0 aliphatic heterocycles. The van der Waals surface area contributed by atoms with E-state index in [1.54, 1.807) is 18.2 Å². The molecule has 90 valence electrons. The molecular formula is C10H13ClO4S. The van der Waals surface area contributed by atoms with Crippen LogP contribution in [0.25, 0.3) is 0 Å². The van der Waals surface area contributed by atoms with Crippen molar-refractivity contribution in [2.75, 3.05) is 18.6 Å². The van der Waals surface area contributed by atoms with Crippen LogP contribution in [0.2, 0.25) is 5.02 Å². The van der Waals surface area contributed by atoms with Gasteiger partial charge in [0, 0.05) is 16.8 Å². The van der Waals surface area contributed by atoms with Crippen LogP contribution in [-0.4, -0.2) is 32.1 Å². The van der Waals surface area contributed by atoms with Crippen molar-refractivity contribution in [1.29, 1.82) is 0 Å². The van der Waals surface area contributed by atoms with Gasteiger partial charge in [0.15, 0.2) is 9.84 Å². The highest BCUT2D eigenvalue weighted by Gasteiger charge is 2.08. The molecule has 1 aromatic rings. The van der Waals surface area contributed by atoms with Gasteiger partial charge in [-0.15, -0.1) is 0 Å². The maximum atomic E-state index is 10.9. The smallest absolute Gasteiger partial charge is 0.150 e. The van der Waals surface area contributed by atoms with E-state index in [0.29, 0.717) is 16.3 Å². The molecule has 0 unspecified atom stereocenters. The molecule has 0 fully saturated rings. The van der Waals surface area contributed by atoms with Crippen LogP contribution < -0.4 is 4.74 Å². The highest BCUT2D eigenvalue weighted by molar-refractivity contribution is 7.90. The molecule has 16 heavy (non-hydrogen) atoms. The zero-order chi connectivity index (χ0) is 12.2. The molecule has 0 aliphatic rings. The summed E-state index contributed by atoms with van der Waals surface area (Å²) in [5.41, 5.74) is 0.470. The van der Waals surface area contributed by atoms with Crippen LogP contribution in [0.15, 0.2) is 18.2 Å². The van der Waals surface area contributed by atoms with Crippen molar-refractivity contribution in [2.24, 2.45) is 0 Å². The summed E-state index contributed by atoms with van der Waals surface area (Å²) in [6, 6.07) is 4.95. The minimum atomic E-state index is -3.04. The van der Waals surface area contributed by atoms with Gasteiger partial charge in [0.2, 0.25) is 0 Å². The molecule has 0 bridgehead atoms. The largest absolute Gasteiger partial charge is 0.492 e. The Morgan fingerprint density at radius 1 is 1.44 bits per heavy atom. The van der Waals surface area contributed by atoms with Crippen LogP contribution in [0.5, 0.6) is 5.75 Å². The van der Waals surface area contributed by atoms with E-state index in [1.165, 1.54) is 0 Å². The van der Waals surface area contributed by atoms with Crippen molar-refractivity contribution in [3.63, 3.8) is 0 Å². The fraction of sp³-hybridized carbons (Fsp3) is 0.400. The second-order valence-electron chi connectivity index (χ2n) is 3.35. The lowest BCUT2D eigenvalue weighted by molar-refractivity contribution is 0.267. The van der Waals surface area contributed by atoms with E-state index in [0.717, 1.165) is 6.26 Å². The van der Waals surface area contributed by atoms with Crippen LogP contribution >= 0.6 is 11.6 Å². The number of hydrogen-bond donors (Lipinski definition) is 1. The monoisotopic (exact) mass is 264 g/mol. The molecule has 1 aromatic carbocycles. The molecule has 0 atom stereocenters. The Labute approximate surface area is 99.7 Å².